The second-order valence-corrected chi connectivity index (χ2v) is 6.56. The SMILES string of the molecule is CCC(=Nc1c(C)cccc1C)c1ccc2ccc3cccnc3c2n1. The van der Waals surface area contributed by atoms with Gasteiger partial charge in [0.1, 0.15) is 0 Å². The molecule has 2 heterocycles. The predicted octanol–water partition coefficient (Wildman–Crippen LogP) is 5.93. The molecular weight excluding hydrogens is 318 g/mol. The average molecular weight is 339 g/mol. The number of para-hydroxylation sites is 1. The first-order chi connectivity index (χ1) is 12.7. The Kier molecular flexibility index (Phi) is 4.21. The smallest absolute Gasteiger partial charge is 0.0972 e. The van der Waals surface area contributed by atoms with Crippen LogP contribution >= 0.6 is 0 Å². The van der Waals surface area contributed by atoms with Gasteiger partial charge in [-0.05, 0) is 43.5 Å². The van der Waals surface area contributed by atoms with Crippen molar-refractivity contribution in [1.29, 1.82) is 0 Å². The van der Waals surface area contributed by atoms with Gasteiger partial charge in [0.05, 0.1) is 28.1 Å². The number of fused-ring (bicyclic) bond motifs is 3. The van der Waals surface area contributed by atoms with Gasteiger partial charge in [-0.15, -0.1) is 0 Å². The lowest BCUT2D eigenvalue weighted by Crippen LogP contribution is -2.03. The molecule has 0 atom stereocenters. The molecule has 0 aliphatic heterocycles. The van der Waals surface area contributed by atoms with Crippen LogP contribution in [0, 0.1) is 13.8 Å². The highest BCUT2D eigenvalue weighted by atomic mass is 14.8. The first-order valence-corrected chi connectivity index (χ1v) is 8.96. The minimum atomic E-state index is 0.824. The molecular formula is C23H21N3. The first kappa shape index (κ1) is 16.4. The fourth-order valence-corrected chi connectivity index (χ4v) is 3.32. The molecule has 2 aromatic heterocycles. The van der Waals surface area contributed by atoms with E-state index in [9.17, 15) is 0 Å². The van der Waals surface area contributed by atoms with E-state index in [1.165, 1.54) is 11.1 Å². The molecule has 0 fully saturated rings. The van der Waals surface area contributed by atoms with Gasteiger partial charge in [0.15, 0.2) is 0 Å². The molecule has 0 unspecified atom stereocenters. The Morgan fingerprint density at radius 2 is 1.54 bits per heavy atom. The van der Waals surface area contributed by atoms with Crippen LogP contribution in [0.25, 0.3) is 21.8 Å². The van der Waals surface area contributed by atoms with Crippen LogP contribution in [0.4, 0.5) is 5.69 Å². The lowest BCUT2D eigenvalue weighted by Gasteiger charge is -2.10. The van der Waals surface area contributed by atoms with Crippen LogP contribution in [0.3, 0.4) is 0 Å². The van der Waals surface area contributed by atoms with E-state index in [1.54, 1.807) is 0 Å². The zero-order valence-corrected chi connectivity index (χ0v) is 15.3. The Hall–Kier alpha value is -3.07. The molecule has 0 aliphatic carbocycles. The molecule has 0 N–H and O–H groups in total. The molecule has 128 valence electrons. The number of aryl methyl sites for hydroxylation is 2. The Morgan fingerprint density at radius 1 is 0.846 bits per heavy atom. The summed E-state index contributed by atoms with van der Waals surface area (Å²) in [5.74, 6) is 0. The number of aliphatic imine (C=N–C) groups is 1. The molecule has 0 amide bonds. The molecule has 0 saturated heterocycles. The summed E-state index contributed by atoms with van der Waals surface area (Å²) in [5, 5.41) is 2.21. The second kappa shape index (κ2) is 6.68. The van der Waals surface area contributed by atoms with E-state index in [4.69, 9.17) is 9.98 Å². The maximum Gasteiger partial charge on any atom is 0.0972 e. The fourth-order valence-electron chi connectivity index (χ4n) is 3.32. The molecule has 4 rings (SSSR count). The van der Waals surface area contributed by atoms with Gasteiger partial charge in [-0.3, -0.25) is 9.98 Å². The number of benzene rings is 2. The number of hydrogen-bond donors (Lipinski definition) is 0. The van der Waals surface area contributed by atoms with Gasteiger partial charge in [0, 0.05) is 17.0 Å². The van der Waals surface area contributed by atoms with E-state index < -0.39 is 0 Å². The van der Waals surface area contributed by atoms with Crippen LogP contribution < -0.4 is 0 Å². The summed E-state index contributed by atoms with van der Waals surface area (Å²) in [6.07, 6.45) is 2.64. The molecule has 0 aliphatic rings. The second-order valence-electron chi connectivity index (χ2n) is 6.56. The van der Waals surface area contributed by atoms with Crippen molar-refractivity contribution in [3.05, 3.63) is 77.6 Å². The minimum Gasteiger partial charge on any atom is -0.254 e. The van der Waals surface area contributed by atoms with E-state index in [-0.39, 0.29) is 0 Å². The summed E-state index contributed by atoms with van der Waals surface area (Å²) in [6, 6.07) is 18.7. The molecule has 3 nitrogen and oxygen atoms in total. The lowest BCUT2D eigenvalue weighted by atomic mass is 10.1. The van der Waals surface area contributed by atoms with Gasteiger partial charge < -0.3 is 0 Å². The Bertz CT molecular complexity index is 1120. The zero-order chi connectivity index (χ0) is 18.1. The molecule has 4 aromatic rings. The first-order valence-electron chi connectivity index (χ1n) is 8.96. The molecule has 26 heavy (non-hydrogen) atoms. The number of rotatable bonds is 3. The summed E-state index contributed by atoms with van der Waals surface area (Å²) in [6.45, 7) is 6.33. The quantitative estimate of drug-likeness (QED) is 0.343. The van der Waals surface area contributed by atoms with Crippen molar-refractivity contribution >= 4 is 33.2 Å². The maximum atomic E-state index is 4.97. The topological polar surface area (TPSA) is 38.1 Å². The van der Waals surface area contributed by atoms with Crippen molar-refractivity contribution in [2.24, 2.45) is 4.99 Å². The van der Waals surface area contributed by atoms with Gasteiger partial charge in [-0.2, -0.15) is 0 Å². The Labute approximate surface area is 153 Å². The van der Waals surface area contributed by atoms with Crippen LogP contribution in [0.5, 0.6) is 0 Å². The number of aromatic nitrogens is 2. The molecule has 0 saturated carbocycles. The zero-order valence-electron chi connectivity index (χ0n) is 15.3. The average Bonchev–Trinajstić information content (AvgIpc) is 2.67. The summed E-state index contributed by atoms with van der Waals surface area (Å²) in [5.41, 5.74) is 7.20. The molecule has 0 spiro atoms. The van der Waals surface area contributed by atoms with Crippen LogP contribution in [-0.2, 0) is 0 Å². The molecule has 2 aromatic carbocycles. The van der Waals surface area contributed by atoms with Crippen LogP contribution in [0.2, 0.25) is 0 Å². The normalized spacial score (nSPS) is 12.0. The van der Waals surface area contributed by atoms with Gasteiger partial charge in [-0.25, -0.2) is 4.98 Å². The van der Waals surface area contributed by atoms with Crippen LogP contribution in [-0.4, -0.2) is 15.7 Å². The molecule has 0 radical (unpaired) electrons. The Balaban J connectivity index is 1.91. The summed E-state index contributed by atoms with van der Waals surface area (Å²) in [7, 11) is 0. The Morgan fingerprint density at radius 3 is 2.27 bits per heavy atom. The van der Waals surface area contributed by atoms with E-state index in [0.29, 0.717) is 0 Å². The van der Waals surface area contributed by atoms with E-state index in [0.717, 1.165) is 45.3 Å². The largest absolute Gasteiger partial charge is 0.254 e. The van der Waals surface area contributed by atoms with Gasteiger partial charge in [-0.1, -0.05) is 49.4 Å². The molecule has 3 heteroatoms. The number of nitrogens with zero attached hydrogens (tertiary/aromatic N) is 3. The third kappa shape index (κ3) is 2.86. The maximum absolute atomic E-state index is 4.97. The third-order valence-electron chi connectivity index (χ3n) is 4.75. The van der Waals surface area contributed by atoms with Gasteiger partial charge in [0.2, 0.25) is 0 Å². The number of pyridine rings is 2. The van der Waals surface area contributed by atoms with Gasteiger partial charge >= 0.3 is 0 Å². The lowest BCUT2D eigenvalue weighted by molar-refractivity contribution is 1.21. The van der Waals surface area contributed by atoms with Crippen molar-refractivity contribution in [2.75, 3.05) is 0 Å². The van der Waals surface area contributed by atoms with Crippen molar-refractivity contribution in [1.82, 2.24) is 9.97 Å². The van der Waals surface area contributed by atoms with Crippen molar-refractivity contribution < 1.29 is 0 Å². The van der Waals surface area contributed by atoms with E-state index >= 15 is 0 Å². The highest BCUT2D eigenvalue weighted by Gasteiger charge is 2.09. The van der Waals surface area contributed by atoms with E-state index in [2.05, 4.69) is 74.3 Å². The van der Waals surface area contributed by atoms with Crippen LogP contribution in [0.1, 0.15) is 30.2 Å². The van der Waals surface area contributed by atoms with Crippen molar-refractivity contribution in [2.45, 2.75) is 27.2 Å². The standard InChI is InChI=1S/C23H21N3/c1-4-19(25-21-15(2)7-5-8-16(21)3)20-13-12-18-11-10-17-9-6-14-24-22(17)23(18)26-20/h5-14H,4H2,1-3H3. The van der Waals surface area contributed by atoms with Crippen LogP contribution in [0.15, 0.2) is 65.8 Å². The fraction of sp³-hybridized carbons (Fsp3) is 0.174. The summed E-state index contributed by atoms with van der Waals surface area (Å²) in [4.78, 5) is 14.4. The summed E-state index contributed by atoms with van der Waals surface area (Å²) < 4.78 is 0. The highest BCUT2D eigenvalue weighted by molar-refractivity contribution is 6.06. The minimum absolute atomic E-state index is 0.824. The monoisotopic (exact) mass is 339 g/mol. The van der Waals surface area contributed by atoms with Crippen molar-refractivity contribution in [3.63, 3.8) is 0 Å². The predicted molar refractivity (Wildman–Crippen MR) is 109 cm³/mol. The van der Waals surface area contributed by atoms with Crippen molar-refractivity contribution in [3.8, 4) is 0 Å². The summed E-state index contributed by atoms with van der Waals surface area (Å²) >= 11 is 0. The van der Waals surface area contributed by atoms with E-state index in [1.807, 2.05) is 12.3 Å². The third-order valence-corrected chi connectivity index (χ3v) is 4.75. The highest BCUT2D eigenvalue weighted by Crippen LogP contribution is 2.26. The molecule has 0 bridgehead atoms. The number of hydrogen-bond acceptors (Lipinski definition) is 3. The van der Waals surface area contributed by atoms with Gasteiger partial charge in [0.25, 0.3) is 0 Å².